The van der Waals surface area contributed by atoms with Gasteiger partial charge in [0.15, 0.2) is 6.61 Å². The van der Waals surface area contributed by atoms with Crippen LogP contribution in [0.4, 0.5) is 25.8 Å². The molecule has 258 valence electrons. The molecule has 49 heavy (non-hydrogen) atoms. The summed E-state index contributed by atoms with van der Waals surface area (Å²) in [6.07, 6.45) is 6.12. The van der Waals surface area contributed by atoms with Gasteiger partial charge < -0.3 is 24.3 Å². The first-order chi connectivity index (χ1) is 23.5. The highest BCUT2D eigenvalue weighted by atomic mass is 35.5. The lowest BCUT2D eigenvalue weighted by Crippen LogP contribution is -2.46. The molecule has 0 saturated carbocycles. The van der Waals surface area contributed by atoms with Crippen molar-refractivity contribution in [3.63, 3.8) is 0 Å². The van der Waals surface area contributed by atoms with Crippen molar-refractivity contribution < 1.29 is 23.0 Å². The van der Waals surface area contributed by atoms with Gasteiger partial charge in [0.25, 0.3) is 5.92 Å². The molecule has 11 heteroatoms. The summed E-state index contributed by atoms with van der Waals surface area (Å²) in [5.41, 5.74) is 6.84. The fourth-order valence-corrected chi connectivity index (χ4v) is 7.44. The molecule has 8 nitrogen and oxygen atoms in total. The maximum Gasteiger partial charge on any atom is 0.339 e. The number of aromatic amines is 1. The van der Waals surface area contributed by atoms with Gasteiger partial charge in [-0.05, 0) is 84.7 Å². The molecule has 4 heterocycles. The van der Waals surface area contributed by atoms with E-state index in [2.05, 4.69) is 45.7 Å². The van der Waals surface area contributed by atoms with E-state index in [1.165, 1.54) is 35.1 Å². The zero-order chi connectivity index (χ0) is 34.3. The van der Waals surface area contributed by atoms with Crippen LogP contribution in [0.2, 0.25) is 5.02 Å². The van der Waals surface area contributed by atoms with Crippen molar-refractivity contribution in [1.82, 2.24) is 14.9 Å². The number of fused-ring (bicyclic) bond motifs is 2. The molecule has 1 aliphatic carbocycles. The number of anilines is 3. The van der Waals surface area contributed by atoms with E-state index >= 15 is 8.78 Å². The lowest BCUT2D eigenvalue weighted by Gasteiger charge is -2.38. The molecule has 0 radical (unpaired) electrons. The smallest absolute Gasteiger partial charge is 0.339 e. The topological polar surface area (TPSA) is 73.9 Å². The number of piperazine rings is 1. The van der Waals surface area contributed by atoms with Crippen LogP contribution in [0.1, 0.15) is 55.5 Å². The summed E-state index contributed by atoms with van der Waals surface area (Å²) in [5, 5.41) is 1.50. The molecular weight excluding hydrogens is 648 g/mol. The van der Waals surface area contributed by atoms with Crippen molar-refractivity contribution in [2.24, 2.45) is 5.41 Å². The van der Waals surface area contributed by atoms with Crippen LogP contribution in [0.5, 0.6) is 5.88 Å². The van der Waals surface area contributed by atoms with E-state index in [1.54, 1.807) is 18.3 Å². The van der Waals surface area contributed by atoms with E-state index in [9.17, 15) is 4.79 Å². The quantitative estimate of drug-likeness (QED) is 0.196. The average Bonchev–Trinajstić information content (AvgIpc) is 3.51. The summed E-state index contributed by atoms with van der Waals surface area (Å²) < 4.78 is 41.0. The van der Waals surface area contributed by atoms with Crippen molar-refractivity contribution in [3.05, 3.63) is 82.5 Å². The molecule has 7 rings (SSSR count). The number of pyridine rings is 1. The molecule has 4 aromatic rings. The van der Waals surface area contributed by atoms with Gasteiger partial charge in [0.05, 0.1) is 24.9 Å². The Morgan fingerprint density at radius 2 is 1.82 bits per heavy atom. The van der Waals surface area contributed by atoms with Crippen molar-refractivity contribution >= 4 is 51.2 Å². The number of allylic oxidation sites excluding steroid dienone is 1. The van der Waals surface area contributed by atoms with Crippen LogP contribution in [0.25, 0.3) is 16.6 Å². The van der Waals surface area contributed by atoms with Gasteiger partial charge in [-0.25, -0.2) is 13.6 Å². The maximum absolute atomic E-state index is 15.2. The first-order valence-corrected chi connectivity index (χ1v) is 17.3. The summed E-state index contributed by atoms with van der Waals surface area (Å²) in [7, 11) is 1.29. The minimum Gasteiger partial charge on any atom is -0.470 e. The number of benzene rings is 2. The van der Waals surface area contributed by atoms with Crippen molar-refractivity contribution in [2.45, 2.75) is 45.5 Å². The molecule has 1 fully saturated rings. The standard InChI is InChI=1S/C38H42ClF2N5O3/c1-37(2)13-10-26(31(22-37)25-4-6-28(39)7-5-25)12-15-44-16-18-45(19-17-44)29-8-9-30(36(47)48-3)32(21-29)46-23-38(40,41)24-49-35-33(46)20-27-11-14-42-34(27)43-35/h4-9,11,14,20-21H,10,12-13,15-19,22-24H2,1-3H3,(H,42,43). The minimum atomic E-state index is -3.19. The second kappa shape index (κ2) is 13.3. The Kier molecular flexibility index (Phi) is 9.04. The highest BCUT2D eigenvalue weighted by Crippen LogP contribution is 2.45. The SMILES string of the molecule is COC(=O)c1ccc(N2CCN(CCC3=C(c4ccc(Cl)cc4)CC(C)(C)CC3)CC2)cc1N1CC(F)(F)COc2nc3[nH]ccc3cc21. The van der Waals surface area contributed by atoms with E-state index in [0.717, 1.165) is 68.1 Å². The van der Waals surface area contributed by atoms with Crippen molar-refractivity contribution in [2.75, 3.05) is 62.8 Å². The number of carbonyl (C=O) groups excluding carboxylic acids is 1. The normalized spacial score (nSPS) is 19.4. The molecule has 0 spiro atoms. The first-order valence-electron chi connectivity index (χ1n) is 16.9. The third kappa shape index (κ3) is 7.12. The van der Waals surface area contributed by atoms with E-state index in [4.69, 9.17) is 21.1 Å². The number of hydrogen-bond acceptors (Lipinski definition) is 7. The Labute approximate surface area is 290 Å². The van der Waals surface area contributed by atoms with Crippen LogP contribution < -0.4 is 14.5 Å². The van der Waals surface area contributed by atoms with Crippen molar-refractivity contribution in [1.29, 1.82) is 0 Å². The van der Waals surface area contributed by atoms with Crippen LogP contribution in [-0.4, -0.2) is 79.7 Å². The largest absolute Gasteiger partial charge is 0.470 e. The van der Waals surface area contributed by atoms with E-state index in [-0.39, 0.29) is 16.9 Å². The molecule has 0 bridgehead atoms. The second-order valence-corrected chi connectivity index (χ2v) is 14.6. The number of ether oxygens (including phenoxy) is 2. The molecule has 1 saturated heterocycles. The summed E-state index contributed by atoms with van der Waals surface area (Å²) in [6, 6.07) is 17.2. The molecule has 0 amide bonds. The Morgan fingerprint density at radius 1 is 1.04 bits per heavy atom. The number of methoxy groups -OCH3 is 1. The molecule has 0 unspecified atom stereocenters. The van der Waals surface area contributed by atoms with Gasteiger partial charge in [-0.1, -0.05) is 43.2 Å². The van der Waals surface area contributed by atoms with Gasteiger partial charge in [-0.15, -0.1) is 0 Å². The molecule has 3 aliphatic rings. The minimum absolute atomic E-state index is 0.0813. The average molecular weight is 690 g/mol. The van der Waals surface area contributed by atoms with Gasteiger partial charge >= 0.3 is 5.97 Å². The number of H-pyrrole nitrogens is 1. The number of nitrogens with zero attached hydrogens (tertiary/aromatic N) is 4. The van der Waals surface area contributed by atoms with Crippen molar-refractivity contribution in [3.8, 4) is 5.88 Å². The summed E-state index contributed by atoms with van der Waals surface area (Å²) in [4.78, 5) is 26.7. The lowest BCUT2D eigenvalue weighted by atomic mass is 9.72. The summed E-state index contributed by atoms with van der Waals surface area (Å²) in [5.74, 6) is -3.71. The van der Waals surface area contributed by atoms with Crippen LogP contribution >= 0.6 is 11.6 Å². The number of esters is 1. The molecular formula is C38H42ClF2N5O3. The number of rotatable bonds is 7. The highest BCUT2D eigenvalue weighted by molar-refractivity contribution is 6.30. The monoisotopic (exact) mass is 689 g/mol. The maximum atomic E-state index is 15.2. The van der Waals surface area contributed by atoms with E-state index < -0.39 is 25.0 Å². The lowest BCUT2D eigenvalue weighted by molar-refractivity contribution is -0.0286. The molecule has 2 aliphatic heterocycles. The number of aromatic nitrogens is 2. The zero-order valence-corrected chi connectivity index (χ0v) is 29.0. The number of carbonyl (C=O) groups is 1. The van der Waals surface area contributed by atoms with Crippen LogP contribution in [0.3, 0.4) is 0 Å². The predicted octanol–water partition coefficient (Wildman–Crippen LogP) is 8.34. The Balaban J connectivity index is 1.11. The van der Waals surface area contributed by atoms with Crippen LogP contribution in [0, 0.1) is 5.41 Å². The Hall–Kier alpha value is -4.15. The van der Waals surface area contributed by atoms with Gasteiger partial charge in [-0.2, -0.15) is 4.98 Å². The predicted molar refractivity (Wildman–Crippen MR) is 191 cm³/mol. The molecule has 1 N–H and O–H groups in total. The summed E-state index contributed by atoms with van der Waals surface area (Å²) in [6.45, 7) is 7.48. The van der Waals surface area contributed by atoms with E-state index in [1.807, 2.05) is 30.3 Å². The van der Waals surface area contributed by atoms with Gasteiger partial charge in [-0.3, -0.25) is 4.90 Å². The van der Waals surface area contributed by atoms with Crippen LogP contribution in [0.15, 0.2) is 66.4 Å². The molecule has 0 atom stereocenters. The third-order valence-corrected chi connectivity index (χ3v) is 10.4. The fraction of sp³-hybridized carbons (Fsp3) is 0.421. The van der Waals surface area contributed by atoms with E-state index in [0.29, 0.717) is 17.0 Å². The van der Waals surface area contributed by atoms with Crippen LogP contribution in [-0.2, 0) is 4.74 Å². The summed E-state index contributed by atoms with van der Waals surface area (Å²) >= 11 is 6.20. The Morgan fingerprint density at radius 3 is 2.57 bits per heavy atom. The second-order valence-electron chi connectivity index (χ2n) is 14.2. The number of halogens is 3. The molecule has 2 aromatic heterocycles. The number of alkyl halides is 2. The number of hydrogen-bond donors (Lipinski definition) is 1. The third-order valence-electron chi connectivity index (χ3n) is 10.1. The molecule has 2 aromatic carbocycles. The zero-order valence-electron chi connectivity index (χ0n) is 28.2. The van der Waals surface area contributed by atoms with Gasteiger partial charge in [0.1, 0.15) is 11.3 Å². The first kappa shape index (κ1) is 33.4. The Bertz CT molecular complexity index is 1880. The van der Waals surface area contributed by atoms with Gasteiger partial charge in [0.2, 0.25) is 5.88 Å². The highest BCUT2D eigenvalue weighted by Gasteiger charge is 2.40. The number of nitrogens with one attached hydrogen (secondary N) is 1. The fourth-order valence-electron chi connectivity index (χ4n) is 7.32. The van der Waals surface area contributed by atoms with Gasteiger partial charge in [0, 0.05) is 55.0 Å².